The van der Waals surface area contributed by atoms with E-state index in [1.807, 2.05) is 0 Å². The average Bonchev–Trinajstić information content (AvgIpc) is 2.02. The third-order valence-corrected chi connectivity index (χ3v) is 16.1. The second-order valence-electron chi connectivity index (χ2n) is 22.5. The molecule has 0 spiro atoms. The van der Waals surface area contributed by atoms with Gasteiger partial charge in [0.05, 0.1) is 45.7 Å². The SMILES string of the molecule is CC(=O)N[C@@H]1[C@@H](O)[C@H](O[C@@H]2O[C@H](CO)[C@@H](O[C@@H]3O[C@H](CO)[C@@H](O)[C@H](O[C@H]4O[C@H](CO)[C@@H](O[C@@H]5O[C@H](CO)[C@@H](O)[C@H](O)[C@H]5NC(C)=O)[C@H](O)[C@@H]4O[C@@H]4O[C@H](CO)[C@@H](O)[C@H](O)[C@H]4NC(C)=O)[C@@H]3O)[C@H](O)[C@H]2NC(C)=O)[C@@H](CO[C@@H]2O[C@@H](C)[C@@H](O)[C@@H](O)[C@@H]2O)O[C@H]1O. The molecular weight excluding hydrogens is 1220 g/mol. The smallest absolute Gasteiger partial charge is 0.217 e. The Bertz CT molecular complexity index is 2290. The number of aliphatic hydroxyl groups is 18. The van der Waals surface area contributed by atoms with Crippen LogP contribution in [0.15, 0.2) is 0 Å². The Hall–Kier alpha value is -3.36. The number of nitrogens with one attached hydrogen (secondary N) is 4. The minimum absolute atomic E-state index is 0.759. The first-order chi connectivity index (χ1) is 42.0. The molecule has 39 heteroatoms. The standard InChI is InChI=1S/C50H84N4O35/c1-12-27(64)35(72)36(73)48(78-12)77-11-22-41(33(70)23(44(76)79-22)51-13(2)60)86-47-26(54-16(5)63)34(71)39(20(9-58)83-47)87-49-38(75)42(30(67)19(8-57)82-49)88-50-43(89-46-25(53-15(4)62)32(69)29(66)18(7-56)81-46)37(74)40(21(10-59)84-50)85-45-24(52-14(3)61)31(68)28(65)17(6-55)80-45/h12,17-50,55-59,64-76H,6-11H2,1-5H3,(H,51,60)(H,52,61)(H,53,62)(H,54,63)/t12-,17+,18+,19+,20+,21+,22+,23+,24+,25+,26+,27+,28+,29+,30+,31+,32+,33+,34+,35+,36-,37-,38-,39+,40+,41+,42-,43-,44+,45-,46-,47-,48+,49-,50+/m0/s1. The van der Waals surface area contributed by atoms with Gasteiger partial charge in [-0.2, -0.15) is 0 Å². The molecule has 22 N–H and O–H groups in total. The number of hydrogen-bond donors (Lipinski definition) is 22. The molecule has 7 heterocycles. The zero-order valence-electron chi connectivity index (χ0n) is 48.4. The van der Waals surface area contributed by atoms with Crippen LogP contribution in [0.3, 0.4) is 0 Å². The summed E-state index contributed by atoms with van der Waals surface area (Å²) in [4.78, 5) is 49.9. The molecule has 514 valence electrons. The van der Waals surface area contributed by atoms with Crippen molar-refractivity contribution in [2.75, 3.05) is 39.6 Å². The van der Waals surface area contributed by atoms with Crippen LogP contribution in [0.5, 0.6) is 0 Å². The molecule has 39 nitrogen and oxygen atoms in total. The average molecular weight is 1300 g/mol. The highest BCUT2D eigenvalue weighted by Gasteiger charge is 2.59. The van der Waals surface area contributed by atoms with E-state index in [0.29, 0.717) is 0 Å². The highest BCUT2D eigenvalue weighted by atomic mass is 16.8. The summed E-state index contributed by atoms with van der Waals surface area (Å²) in [6, 6.07) is -6.92. The Morgan fingerprint density at radius 1 is 0.315 bits per heavy atom. The third-order valence-electron chi connectivity index (χ3n) is 16.1. The van der Waals surface area contributed by atoms with Gasteiger partial charge in [-0.05, 0) is 6.92 Å². The summed E-state index contributed by atoms with van der Waals surface area (Å²) in [5.41, 5.74) is 0. The molecule has 7 fully saturated rings. The molecule has 89 heavy (non-hydrogen) atoms. The van der Waals surface area contributed by atoms with Gasteiger partial charge in [0.1, 0.15) is 165 Å². The lowest BCUT2D eigenvalue weighted by atomic mass is 9.93. The predicted molar refractivity (Wildman–Crippen MR) is 277 cm³/mol. The van der Waals surface area contributed by atoms with Crippen LogP contribution < -0.4 is 21.3 Å². The van der Waals surface area contributed by atoms with E-state index in [9.17, 15) is 111 Å². The van der Waals surface area contributed by atoms with Gasteiger partial charge < -0.3 is 175 Å². The maximum atomic E-state index is 12.9. The number of carbonyl (C=O) groups is 4. The number of ether oxygens (including phenoxy) is 13. The van der Waals surface area contributed by atoms with Gasteiger partial charge in [0.15, 0.2) is 44.0 Å². The van der Waals surface area contributed by atoms with E-state index in [1.54, 1.807) is 0 Å². The first kappa shape index (κ1) is 73.1. The molecule has 0 aliphatic carbocycles. The fourth-order valence-corrected chi connectivity index (χ4v) is 11.4. The van der Waals surface area contributed by atoms with Crippen LogP contribution in [0.4, 0.5) is 0 Å². The van der Waals surface area contributed by atoms with Crippen LogP contribution in [0.1, 0.15) is 34.6 Å². The van der Waals surface area contributed by atoms with Crippen molar-refractivity contribution in [2.24, 2.45) is 0 Å². The quantitative estimate of drug-likeness (QED) is 0.0479. The topological polar surface area (TPSA) is 601 Å². The van der Waals surface area contributed by atoms with E-state index in [2.05, 4.69) is 21.3 Å². The Balaban J connectivity index is 1.18. The van der Waals surface area contributed by atoms with Gasteiger partial charge in [-0.15, -0.1) is 0 Å². The van der Waals surface area contributed by atoms with Crippen LogP contribution in [0.25, 0.3) is 0 Å². The molecule has 7 rings (SSSR count). The Morgan fingerprint density at radius 2 is 0.674 bits per heavy atom. The van der Waals surface area contributed by atoms with E-state index in [4.69, 9.17) is 61.6 Å². The van der Waals surface area contributed by atoms with E-state index in [-0.39, 0.29) is 0 Å². The lowest BCUT2D eigenvalue weighted by Gasteiger charge is -2.51. The molecule has 7 saturated heterocycles. The zero-order valence-corrected chi connectivity index (χ0v) is 48.4. The summed E-state index contributed by atoms with van der Waals surface area (Å²) in [6.07, 6.45) is -59.4. The summed E-state index contributed by atoms with van der Waals surface area (Å²) in [7, 11) is 0. The Labute approximate surface area is 505 Å². The van der Waals surface area contributed by atoms with Crippen molar-refractivity contribution < 1.29 is 173 Å². The van der Waals surface area contributed by atoms with Crippen molar-refractivity contribution in [1.29, 1.82) is 0 Å². The molecular formula is C50H84N4O35. The van der Waals surface area contributed by atoms with Crippen LogP contribution in [0.2, 0.25) is 0 Å². The van der Waals surface area contributed by atoms with Crippen LogP contribution >= 0.6 is 0 Å². The van der Waals surface area contributed by atoms with E-state index in [1.165, 1.54) is 6.92 Å². The molecule has 0 aromatic rings. The fourth-order valence-electron chi connectivity index (χ4n) is 11.4. The zero-order chi connectivity index (χ0) is 65.8. The van der Waals surface area contributed by atoms with Crippen molar-refractivity contribution >= 4 is 23.6 Å². The molecule has 7 aliphatic heterocycles. The molecule has 0 aromatic heterocycles. The maximum Gasteiger partial charge on any atom is 0.217 e. The maximum absolute atomic E-state index is 12.9. The largest absolute Gasteiger partial charge is 0.394 e. The number of hydrogen-bond acceptors (Lipinski definition) is 35. The number of carbonyl (C=O) groups excluding carboxylic acids is 4. The van der Waals surface area contributed by atoms with Gasteiger partial charge in [-0.1, -0.05) is 0 Å². The van der Waals surface area contributed by atoms with Crippen molar-refractivity contribution in [3.05, 3.63) is 0 Å². The highest BCUT2D eigenvalue weighted by molar-refractivity contribution is 5.74. The van der Waals surface area contributed by atoms with Crippen LogP contribution in [-0.4, -0.2) is 370 Å². The van der Waals surface area contributed by atoms with Crippen molar-refractivity contribution in [1.82, 2.24) is 21.3 Å². The van der Waals surface area contributed by atoms with Gasteiger partial charge in [-0.25, -0.2) is 0 Å². The van der Waals surface area contributed by atoms with Crippen molar-refractivity contribution in [3.63, 3.8) is 0 Å². The molecule has 0 aromatic carbocycles. The lowest BCUT2D eigenvalue weighted by molar-refractivity contribution is -0.400. The third kappa shape index (κ3) is 16.4. The summed E-state index contributed by atoms with van der Waals surface area (Å²) in [5, 5.41) is 208. The minimum Gasteiger partial charge on any atom is -0.394 e. The summed E-state index contributed by atoms with van der Waals surface area (Å²) >= 11 is 0. The van der Waals surface area contributed by atoms with E-state index < -0.39 is 278 Å². The van der Waals surface area contributed by atoms with Gasteiger partial charge >= 0.3 is 0 Å². The summed E-state index contributed by atoms with van der Waals surface area (Å²) in [5.74, 6) is -3.30. The fraction of sp³-hybridized carbons (Fsp3) is 0.920. The van der Waals surface area contributed by atoms with Crippen LogP contribution in [-0.2, 0) is 80.8 Å². The number of rotatable bonds is 22. The Morgan fingerprint density at radius 3 is 1.15 bits per heavy atom. The second kappa shape index (κ2) is 31.7. The molecule has 0 unspecified atom stereocenters. The van der Waals surface area contributed by atoms with Gasteiger partial charge in [0, 0.05) is 27.7 Å². The van der Waals surface area contributed by atoms with Crippen LogP contribution in [0, 0.1) is 0 Å². The number of aliphatic hydroxyl groups excluding tert-OH is 18. The normalized spacial score (nSPS) is 48.0. The molecule has 0 radical (unpaired) electrons. The summed E-state index contributed by atoms with van der Waals surface area (Å²) < 4.78 is 76.7. The molecule has 0 saturated carbocycles. The minimum atomic E-state index is -2.37. The van der Waals surface area contributed by atoms with Gasteiger partial charge in [0.2, 0.25) is 23.6 Å². The second-order valence-corrected chi connectivity index (χ2v) is 22.5. The first-order valence-corrected chi connectivity index (χ1v) is 28.5. The van der Waals surface area contributed by atoms with E-state index >= 15 is 0 Å². The van der Waals surface area contributed by atoms with E-state index in [0.717, 1.165) is 27.7 Å². The molecule has 7 aliphatic rings. The predicted octanol–water partition coefficient (Wildman–Crippen LogP) is -14.7. The molecule has 0 bridgehead atoms. The number of amides is 4. The Kier molecular flexibility index (Phi) is 26.0. The van der Waals surface area contributed by atoms with Crippen molar-refractivity contribution in [3.8, 4) is 0 Å². The van der Waals surface area contributed by atoms with Gasteiger partial charge in [-0.3, -0.25) is 19.2 Å². The highest BCUT2D eigenvalue weighted by Crippen LogP contribution is 2.38. The first-order valence-electron chi connectivity index (χ1n) is 28.5. The van der Waals surface area contributed by atoms with Gasteiger partial charge in [0.25, 0.3) is 0 Å². The monoisotopic (exact) mass is 1300 g/mol. The summed E-state index contributed by atoms with van der Waals surface area (Å²) in [6.45, 7) is -0.626. The van der Waals surface area contributed by atoms with Crippen molar-refractivity contribution in [2.45, 2.75) is 249 Å². The lowest BCUT2D eigenvalue weighted by Crippen LogP contribution is -2.71. The molecule has 35 atom stereocenters. The molecule has 4 amide bonds.